The number of para-hydroxylation sites is 1. The summed E-state index contributed by atoms with van der Waals surface area (Å²) in [5.74, 6) is 0.784. The molecule has 3 aromatic rings. The summed E-state index contributed by atoms with van der Waals surface area (Å²) in [5.41, 5.74) is 9.84. The monoisotopic (exact) mass is 241 g/mol. The smallest absolute Gasteiger partial charge is 0.173 e. The van der Waals surface area contributed by atoms with Crippen LogP contribution in [0, 0.1) is 6.92 Å². The third-order valence-electron chi connectivity index (χ3n) is 3.33. The second-order valence-corrected chi connectivity index (χ2v) is 4.45. The Labute approximate surface area is 105 Å². The van der Waals surface area contributed by atoms with Crippen LogP contribution in [0.5, 0.6) is 0 Å². The van der Waals surface area contributed by atoms with Crippen LogP contribution in [0.1, 0.15) is 11.3 Å². The van der Waals surface area contributed by atoms with Gasteiger partial charge in [0, 0.05) is 41.8 Å². The first-order valence-corrected chi connectivity index (χ1v) is 5.92. The quantitative estimate of drug-likeness (QED) is 0.750. The zero-order chi connectivity index (χ0) is 12.7. The van der Waals surface area contributed by atoms with Crippen molar-refractivity contribution in [1.82, 2.24) is 9.72 Å². The lowest BCUT2D eigenvalue weighted by Gasteiger charge is -1.97. The molecular formula is C14H15N3O. The lowest BCUT2D eigenvalue weighted by Crippen LogP contribution is -1.98. The fraction of sp³-hybridized carbons (Fsp3) is 0.214. The standard InChI is InChI=1S/C14H15N3O/c1-9-11(7-15)14(18-16-9)12-8-17(2)13-6-4-3-5-10(12)13/h3-6,8H,7,15H2,1-2H3. The van der Waals surface area contributed by atoms with Crippen molar-refractivity contribution < 1.29 is 4.52 Å². The molecule has 0 atom stereocenters. The minimum absolute atomic E-state index is 0.438. The van der Waals surface area contributed by atoms with Crippen LogP contribution >= 0.6 is 0 Å². The Morgan fingerprint density at radius 3 is 2.89 bits per heavy atom. The van der Waals surface area contributed by atoms with E-state index in [0.29, 0.717) is 6.54 Å². The summed E-state index contributed by atoms with van der Waals surface area (Å²) in [6.45, 7) is 2.36. The maximum atomic E-state index is 5.78. The second-order valence-electron chi connectivity index (χ2n) is 4.45. The Kier molecular flexibility index (Phi) is 2.45. The first kappa shape index (κ1) is 11.0. The minimum Gasteiger partial charge on any atom is -0.356 e. The molecule has 0 saturated carbocycles. The molecule has 0 bridgehead atoms. The largest absolute Gasteiger partial charge is 0.356 e. The minimum atomic E-state index is 0.438. The average molecular weight is 241 g/mol. The summed E-state index contributed by atoms with van der Waals surface area (Å²) in [4.78, 5) is 0. The Hall–Kier alpha value is -2.07. The van der Waals surface area contributed by atoms with Gasteiger partial charge in [-0.2, -0.15) is 0 Å². The fourth-order valence-corrected chi connectivity index (χ4v) is 2.36. The van der Waals surface area contributed by atoms with Gasteiger partial charge in [0.2, 0.25) is 0 Å². The third kappa shape index (κ3) is 1.46. The first-order valence-electron chi connectivity index (χ1n) is 5.92. The molecule has 0 aliphatic heterocycles. The van der Waals surface area contributed by atoms with Crippen LogP contribution in [-0.4, -0.2) is 9.72 Å². The van der Waals surface area contributed by atoms with Gasteiger partial charge < -0.3 is 14.8 Å². The van der Waals surface area contributed by atoms with Gasteiger partial charge >= 0.3 is 0 Å². The van der Waals surface area contributed by atoms with Gasteiger partial charge in [-0.05, 0) is 13.0 Å². The maximum absolute atomic E-state index is 5.78. The van der Waals surface area contributed by atoms with E-state index in [4.69, 9.17) is 10.3 Å². The van der Waals surface area contributed by atoms with Crippen molar-refractivity contribution in [1.29, 1.82) is 0 Å². The molecule has 2 aromatic heterocycles. The zero-order valence-corrected chi connectivity index (χ0v) is 10.5. The van der Waals surface area contributed by atoms with E-state index in [9.17, 15) is 0 Å². The molecular weight excluding hydrogens is 226 g/mol. The second kappa shape index (κ2) is 3.99. The molecule has 0 amide bonds. The van der Waals surface area contributed by atoms with E-state index in [-0.39, 0.29) is 0 Å². The van der Waals surface area contributed by atoms with E-state index < -0.39 is 0 Å². The van der Waals surface area contributed by atoms with Crippen molar-refractivity contribution >= 4 is 10.9 Å². The lowest BCUT2D eigenvalue weighted by atomic mass is 10.1. The number of nitrogens with two attached hydrogens (primary N) is 1. The van der Waals surface area contributed by atoms with Gasteiger partial charge in [0.05, 0.1) is 5.69 Å². The highest BCUT2D eigenvalue weighted by atomic mass is 16.5. The maximum Gasteiger partial charge on any atom is 0.173 e. The predicted molar refractivity (Wildman–Crippen MR) is 71.0 cm³/mol. The molecule has 92 valence electrons. The molecule has 0 saturated heterocycles. The molecule has 3 rings (SSSR count). The number of nitrogens with zero attached hydrogens (tertiary/aromatic N) is 2. The van der Waals surface area contributed by atoms with Gasteiger partial charge in [0.1, 0.15) is 0 Å². The number of aromatic nitrogens is 2. The van der Waals surface area contributed by atoms with E-state index in [1.54, 1.807) is 0 Å². The Morgan fingerprint density at radius 2 is 2.11 bits per heavy atom. The van der Waals surface area contributed by atoms with Crippen molar-refractivity contribution in [2.75, 3.05) is 0 Å². The van der Waals surface area contributed by atoms with Crippen LogP contribution in [0.2, 0.25) is 0 Å². The summed E-state index contributed by atoms with van der Waals surface area (Å²) in [5, 5.41) is 5.17. The predicted octanol–water partition coefficient (Wildman–Crippen LogP) is 2.60. The molecule has 2 N–H and O–H groups in total. The lowest BCUT2D eigenvalue weighted by molar-refractivity contribution is 0.427. The molecule has 1 aromatic carbocycles. The topological polar surface area (TPSA) is 57.0 Å². The number of benzene rings is 1. The van der Waals surface area contributed by atoms with Crippen molar-refractivity contribution in [3.63, 3.8) is 0 Å². The van der Waals surface area contributed by atoms with Crippen LogP contribution in [0.15, 0.2) is 35.0 Å². The van der Waals surface area contributed by atoms with E-state index in [2.05, 4.69) is 28.1 Å². The number of aryl methyl sites for hydroxylation is 2. The van der Waals surface area contributed by atoms with E-state index in [0.717, 1.165) is 28.0 Å². The van der Waals surface area contributed by atoms with Crippen LogP contribution in [0.25, 0.3) is 22.2 Å². The highest BCUT2D eigenvalue weighted by Crippen LogP contribution is 2.33. The average Bonchev–Trinajstić information content (AvgIpc) is 2.91. The molecule has 0 spiro atoms. The van der Waals surface area contributed by atoms with Crippen LogP contribution in [0.4, 0.5) is 0 Å². The molecule has 2 heterocycles. The highest BCUT2D eigenvalue weighted by molar-refractivity contribution is 5.95. The SMILES string of the molecule is Cc1noc(-c2cn(C)c3ccccc23)c1CN. The number of hydrogen-bond donors (Lipinski definition) is 1. The van der Waals surface area contributed by atoms with Gasteiger partial charge in [-0.25, -0.2) is 0 Å². The number of rotatable bonds is 2. The molecule has 4 nitrogen and oxygen atoms in total. The summed E-state index contributed by atoms with van der Waals surface area (Å²) in [6.07, 6.45) is 2.06. The van der Waals surface area contributed by atoms with Crippen LogP contribution < -0.4 is 5.73 Å². The van der Waals surface area contributed by atoms with Crippen molar-refractivity contribution in [2.45, 2.75) is 13.5 Å². The Balaban J connectivity index is 2.32. The Morgan fingerprint density at radius 1 is 1.33 bits per heavy atom. The summed E-state index contributed by atoms with van der Waals surface area (Å²) < 4.78 is 7.54. The van der Waals surface area contributed by atoms with E-state index >= 15 is 0 Å². The first-order chi connectivity index (χ1) is 8.72. The number of hydrogen-bond acceptors (Lipinski definition) is 3. The summed E-state index contributed by atoms with van der Waals surface area (Å²) >= 11 is 0. The third-order valence-corrected chi connectivity index (χ3v) is 3.33. The van der Waals surface area contributed by atoms with Gasteiger partial charge in [-0.15, -0.1) is 0 Å². The van der Waals surface area contributed by atoms with Crippen molar-refractivity contribution in [2.24, 2.45) is 12.8 Å². The molecule has 0 aliphatic carbocycles. The zero-order valence-electron chi connectivity index (χ0n) is 10.5. The molecule has 0 radical (unpaired) electrons. The molecule has 0 unspecified atom stereocenters. The number of fused-ring (bicyclic) bond motifs is 1. The molecule has 4 heteroatoms. The summed E-state index contributed by atoms with van der Waals surface area (Å²) in [7, 11) is 2.02. The molecule has 0 aliphatic rings. The van der Waals surface area contributed by atoms with Gasteiger partial charge in [-0.1, -0.05) is 23.4 Å². The van der Waals surface area contributed by atoms with Gasteiger partial charge in [-0.3, -0.25) is 0 Å². The molecule has 0 fully saturated rings. The normalized spacial score (nSPS) is 11.3. The van der Waals surface area contributed by atoms with E-state index in [1.165, 1.54) is 5.52 Å². The fourth-order valence-electron chi connectivity index (χ4n) is 2.36. The van der Waals surface area contributed by atoms with Crippen molar-refractivity contribution in [3.8, 4) is 11.3 Å². The Bertz CT molecular complexity index is 709. The summed E-state index contributed by atoms with van der Waals surface area (Å²) in [6, 6.07) is 8.23. The highest BCUT2D eigenvalue weighted by Gasteiger charge is 2.17. The van der Waals surface area contributed by atoms with Crippen molar-refractivity contribution in [3.05, 3.63) is 41.7 Å². The van der Waals surface area contributed by atoms with Crippen LogP contribution in [0.3, 0.4) is 0 Å². The van der Waals surface area contributed by atoms with Gasteiger partial charge in [0.15, 0.2) is 5.76 Å². The van der Waals surface area contributed by atoms with Gasteiger partial charge in [0.25, 0.3) is 0 Å². The molecule has 18 heavy (non-hydrogen) atoms. The van der Waals surface area contributed by atoms with Crippen LogP contribution in [-0.2, 0) is 13.6 Å². The van der Waals surface area contributed by atoms with E-state index in [1.807, 2.05) is 26.1 Å².